The van der Waals surface area contributed by atoms with Crippen LogP contribution in [0.1, 0.15) is 93.6 Å². The van der Waals surface area contributed by atoms with Gasteiger partial charge in [-0.2, -0.15) is 0 Å². The van der Waals surface area contributed by atoms with Gasteiger partial charge in [0, 0.05) is 38.2 Å². The molecule has 160 valence electrons. The van der Waals surface area contributed by atoms with E-state index in [2.05, 4.69) is 15.3 Å². The van der Waals surface area contributed by atoms with Crippen molar-refractivity contribution in [1.29, 1.82) is 0 Å². The van der Waals surface area contributed by atoms with E-state index in [0.29, 0.717) is 42.8 Å². The summed E-state index contributed by atoms with van der Waals surface area (Å²) in [6.45, 7) is 6.16. The van der Waals surface area contributed by atoms with Gasteiger partial charge in [-0.1, -0.05) is 12.8 Å². The molecule has 0 radical (unpaired) electrons. The Morgan fingerprint density at radius 2 is 1.72 bits per heavy atom. The molecular weight excluding hydrogens is 364 g/mol. The summed E-state index contributed by atoms with van der Waals surface area (Å²) in [5, 5.41) is 3.17. The van der Waals surface area contributed by atoms with Gasteiger partial charge in [-0.05, 0) is 64.2 Å². The number of amides is 2. The monoisotopic (exact) mass is 400 g/mol. The minimum atomic E-state index is 0.0342. The van der Waals surface area contributed by atoms with Crippen LogP contribution < -0.4 is 5.32 Å². The average molecular weight is 401 g/mol. The fraction of sp³-hybridized carbons (Fsp3) is 0.739. The second kappa shape index (κ2) is 10.7. The number of nitrogens with zero attached hydrogens (tertiary/aromatic N) is 3. The molecule has 1 heterocycles. The molecule has 0 unspecified atom stereocenters. The zero-order valence-electron chi connectivity index (χ0n) is 18.0. The lowest BCUT2D eigenvalue weighted by Crippen LogP contribution is -2.33. The van der Waals surface area contributed by atoms with Crippen molar-refractivity contribution in [2.45, 2.75) is 77.6 Å². The average Bonchev–Trinajstić information content (AvgIpc) is 3.26. The molecule has 2 amide bonds. The number of carbonyl (C=O) groups is 2. The first-order valence-corrected chi connectivity index (χ1v) is 11.5. The van der Waals surface area contributed by atoms with Crippen molar-refractivity contribution in [2.24, 2.45) is 11.8 Å². The van der Waals surface area contributed by atoms with Gasteiger partial charge in [0.1, 0.15) is 6.33 Å². The molecule has 0 aliphatic heterocycles. The van der Waals surface area contributed by atoms with E-state index < -0.39 is 0 Å². The van der Waals surface area contributed by atoms with Crippen LogP contribution in [0.3, 0.4) is 0 Å². The van der Waals surface area contributed by atoms with E-state index in [-0.39, 0.29) is 11.8 Å². The molecule has 1 aromatic heterocycles. The Labute approximate surface area is 174 Å². The summed E-state index contributed by atoms with van der Waals surface area (Å²) >= 11 is 0. The standard InChI is InChI=1S/C23H36N4O2/c1-3-27(4-2)23(29)20-15-24-16-26-22(20)19-11-9-18(10-12-19)14-25-21(28)13-17-7-5-6-8-17/h15-19H,3-14H2,1-2H3,(H,25,28). The molecular formula is C23H36N4O2. The lowest BCUT2D eigenvalue weighted by Gasteiger charge is -2.30. The minimum Gasteiger partial charge on any atom is -0.356 e. The molecule has 0 aromatic carbocycles. The third-order valence-electron chi connectivity index (χ3n) is 6.79. The number of hydrogen-bond acceptors (Lipinski definition) is 4. The zero-order valence-corrected chi connectivity index (χ0v) is 18.0. The molecule has 2 aliphatic rings. The molecule has 2 saturated carbocycles. The fourth-order valence-corrected chi connectivity index (χ4v) is 4.96. The lowest BCUT2D eigenvalue weighted by molar-refractivity contribution is -0.122. The van der Waals surface area contributed by atoms with Crippen molar-refractivity contribution in [3.05, 3.63) is 23.8 Å². The highest BCUT2D eigenvalue weighted by Crippen LogP contribution is 2.36. The van der Waals surface area contributed by atoms with E-state index in [1.54, 1.807) is 12.5 Å². The van der Waals surface area contributed by atoms with Gasteiger partial charge < -0.3 is 10.2 Å². The predicted octanol–water partition coefficient (Wildman–Crippen LogP) is 3.93. The minimum absolute atomic E-state index is 0.0342. The van der Waals surface area contributed by atoms with Crippen molar-refractivity contribution in [2.75, 3.05) is 19.6 Å². The van der Waals surface area contributed by atoms with Crippen molar-refractivity contribution in [3.63, 3.8) is 0 Å². The van der Waals surface area contributed by atoms with Crippen LogP contribution in [-0.4, -0.2) is 46.3 Å². The Hall–Kier alpha value is -1.98. The van der Waals surface area contributed by atoms with Gasteiger partial charge >= 0.3 is 0 Å². The highest BCUT2D eigenvalue weighted by atomic mass is 16.2. The SMILES string of the molecule is CCN(CC)C(=O)c1cncnc1C1CCC(CNC(=O)CC2CCCC2)CC1. The molecule has 3 rings (SSSR count). The van der Waals surface area contributed by atoms with Gasteiger partial charge in [-0.15, -0.1) is 0 Å². The van der Waals surface area contributed by atoms with Crippen LogP contribution in [-0.2, 0) is 4.79 Å². The van der Waals surface area contributed by atoms with Gasteiger partial charge in [0.25, 0.3) is 5.91 Å². The predicted molar refractivity (Wildman–Crippen MR) is 114 cm³/mol. The molecule has 0 bridgehead atoms. The molecule has 2 aliphatic carbocycles. The Kier molecular flexibility index (Phi) is 8.01. The molecule has 0 spiro atoms. The van der Waals surface area contributed by atoms with Crippen LogP contribution >= 0.6 is 0 Å². The quantitative estimate of drug-likeness (QED) is 0.717. The number of rotatable bonds is 8. The zero-order chi connectivity index (χ0) is 20.6. The number of nitrogens with one attached hydrogen (secondary N) is 1. The maximum Gasteiger partial charge on any atom is 0.257 e. The Morgan fingerprint density at radius 3 is 2.38 bits per heavy atom. The van der Waals surface area contributed by atoms with Crippen LogP contribution in [0.5, 0.6) is 0 Å². The second-order valence-corrected chi connectivity index (χ2v) is 8.68. The summed E-state index contributed by atoms with van der Waals surface area (Å²) in [5.74, 6) is 1.69. The van der Waals surface area contributed by atoms with E-state index in [1.165, 1.54) is 25.7 Å². The molecule has 0 saturated heterocycles. The summed E-state index contributed by atoms with van der Waals surface area (Å²) in [4.78, 5) is 35.5. The largest absolute Gasteiger partial charge is 0.356 e. The van der Waals surface area contributed by atoms with Gasteiger partial charge in [0.15, 0.2) is 0 Å². The van der Waals surface area contributed by atoms with Crippen molar-refractivity contribution < 1.29 is 9.59 Å². The third-order valence-corrected chi connectivity index (χ3v) is 6.79. The lowest BCUT2D eigenvalue weighted by atomic mass is 9.79. The van der Waals surface area contributed by atoms with E-state index >= 15 is 0 Å². The van der Waals surface area contributed by atoms with E-state index in [4.69, 9.17) is 0 Å². The highest BCUT2D eigenvalue weighted by molar-refractivity contribution is 5.95. The van der Waals surface area contributed by atoms with Crippen molar-refractivity contribution in [1.82, 2.24) is 20.2 Å². The first kappa shape index (κ1) is 21.7. The van der Waals surface area contributed by atoms with E-state index in [9.17, 15) is 9.59 Å². The maximum atomic E-state index is 12.9. The van der Waals surface area contributed by atoms with Crippen molar-refractivity contribution >= 4 is 11.8 Å². The molecule has 29 heavy (non-hydrogen) atoms. The summed E-state index contributed by atoms with van der Waals surface area (Å²) in [6, 6.07) is 0. The molecule has 0 atom stereocenters. The maximum absolute atomic E-state index is 12.9. The molecule has 2 fully saturated rings. The highest BCUT2D eigenvalue weighted by Gasteiger charge is 2.28. The molecule has 1 N–H and O–H groups in total. The van der Waals surface area contributed by atoms with Gasteiger partial charge in [0.05, 0.1) is 11.3 Å². The van der Waals surface area contributed by atoms with E-state index in [1.807, 2.05) is 18.7 Å². The van der Waals surface area contributed by atoms with Crippen LogP contribution in [0.4, 0.5) is 0 Å². The first-order valence-electron chi connectivity index (χ1n) is 11.5. The Morgan fingerprint density at radius 1 is 1.03 bits per heavy atom. The topological polar surface area (TPSA) is 75.2 Å². The number of aromatic nitrogens is 2. The van der Waals surface area contributed by atoms with Crippen molar-refractivity contribution in [3.8, 4) is 0 Å². The van der Waals surface area contributed by atoms with E-state index in [0.717, 1.165) is 37.9 Å². The van der Waals surface area contributed by atoms with Crippen LogP contribution in [0.2, 0.25) is 0 Å². The summed E-state index contributed by atoms with van der Waals surface area (Å²) in [5.41, 5.74) is 1.56. The van der Waals surface area contributed by atoms with Gasteiger partial charge in [-0.25, -0.2) is 9.97 Å². The number of hydrogen-bond donors (Lipinski definition) is 1. The van der Waals surface area contributed by atoms with Crippen LogP contribution in [0.15, 0.2) is 12.5 Å². The Balaban J connectivity index is 1.50. The summed E-state index contributed by atoms with van der Waals surface area (Å²) in [6.07, 6.45) is 13.1. The number of carbonyl (C=O) groups excluding carboxylic acids is 2. The Bertz CT molecular complexity index is 675. The van der Waals surface area contributed by atoms with Crippen LogP contribution in [0, 0.1) is 11.8 Å². The fourth-order valence-electron chi connectivity index (χ4n) is 4.96. The second-order valence-electron chi connectivity index (χ2n) is 8.68. The third kappa shape index (κ3) is 5.77. The normalized spacial score (nSPS) is 22.4. The van der Waals surface area contributed by atoms with Gasteiger partial charge in [0.2, 0.25) is 5.91 Å². The smallest absolute Gasteiger partial charge is 0.257 e. The van der Waals surface area contributed by atoms with Gasteiger partial charge in [-0.3, -0.25) is 9.59 Å². The molecule has 1 aromatic rings. The summed E-state index contributed by atoms with van der Waals surface area (Å²) < 4.78 is 0. The molecule has 6 heteroatoms. The molecule has 6 nitrogen and oxygen atoms in total. The van der Waals surface area contributed by atoms with Crippen LogP contribution in [0.25, 0.3) is 0 Å². The summed E-state index contributed by atoms with van der Waals surface area (Å²) in [7, 11) is 0. The first-order chi connectivity index (χ1) is 14.1.